The third-order valence-corrected chi connectivity index (χ3v) is 4.05. The van der Waals surface area contributed by atoms with Gasteiger partial charge in [0.2, 0.25) is 0 Å². The van der Waals surface area contributed by atoms with Crippen molar-refractivity contribution in [1.82, 2.24) is 10.2 Å². The van der Waals surface area contributed by atoms with Crippen LogP contribution in [0, 0.1) is 0 Å². The van der Waals surface area contributed by atoms with Gasteiger partial charge in [-0.3, -0.25) is 4.90 Å². The topological polar surface area (TPSA) is 15.3 Å². The van der Waals surface area contributed by atoms with Crippen molar-refractivity contribution in [3.8, 4) is 0 Å². The largest absolute Gasteiger partial charge is 0.316 e. The van der Waals surface area contributed by atoms with E-state index in [1.54, 1.807) is 0 Å². The molecule has 0 aromatic heterocycles. The number of nitrogens with one attached hydrogen (secondary N) is 1. The van der Waals surface area contributed by atoms with Crippen LogP contribution in [-0.2, 0) is 0 Å². The summed E-state index contributed by atoms with van der Waals surface area (Å²) in [7, 11) is 2.09. The maximum atomic E-state index is 3.44. The predicted octanol–water partition coefficient (Wildman–Crippen LogP) is 3.21. The molecule has 100 valence electrons. The lowest BCUT2D eigenvalue weighted by atomic mass is 9.96. The Morgan fingerprint density at radius 1 is 1.33 bits per heavy atom. The van der Waals surface area contributed by atoms with Crippen molar-refractivity contribution in [3.05, 3.63) is 35.9 Å². The van der Waals surface area contributed by atoms with Crippen molar-refractivity contribution in [2.24, 2.45) is 0 Å². The summed E-state index contributed by atoms with van der Waals surface area (Å²) in [4.78, 5) is 2.67. The summed E-state index contributed by atoms with van der Waals surface area (Å²) in [6.07, 6.45) is 5.15. The molecular weight excluding hydrogens is 220 g/mol. The van der Waals surface area contributed by atoms with Crippen LogP contribution < -0.4 is 5.32 Å². The standard InChI is InChI=1S/C16H26N2/c1-3-8-16(14-9-5-4-6-10-14)18-12-7-11-15(13-18)17-2/h4-6,9-10,15-17H,3,7-8,11-13H2,1-2H3. The maximum Gasteiger partial charge on any atom is 0.0348 e. The molecule has 1 heterocycles. The van der Waals surface area contributed by atoms with E-state index in [2.05, 4.69) is 54.5 Å². The van der Waals surface area contributed by atoms with Gasteiger partial charge in [-0.1, -0.05) is 43.7 Å². The van der Waals surface area contributed by atoms with Gasteiger partial charge in [0.25, 0.3) is 0 Å². The van der Waals surface area contributed by atoms with E-state index in [1.807, 2.05) is 0 Å². The highest BCUT2D eigenvalue weighted by Crippen LogP contribution is 2.28. The van der Waals surface area contributed by atoms with E-state index in [1.165, 1.54) is 44.3 Å². The Labute approximate surface area is 111 Å². The number of likely N-dealkylation sites (N-methyl/N-ethyl adjacent to an activating group) is 1. The molecular formula is C16H26N2. The fourth-order valence-corrected chi connectivity index (χ4v) is 3.03. The molecule has 0 bridgehead atoms. The molecule has 0 amide bonds. The number of piperidine rings is 1. The van der Waals surface area contributed by atoms with Gasteiger partial charge in [0.1, 0.15) is 0 Å². The van der Waals surface area contributed by atoms with Crippen molar-refractivity contribution < 1.29 is 0 Å². The first-order valence-corrected chi connectivity index (χ1v) is 7.31. The first-order valence-electron chi connectivity index (χ1n) is 7.31. The fraction of sp³-hybridized carbons (Fsp3) is 0.625. The van der Waals surface area contributed by atoms with Gasteiger partial charge in [0, 0.05) is 18.6 Å². The lowest BCUT2D eigenvalue weighted by Gasteiger charge is -2.38. The second kappa shape index (κ2) is 6.91. The van der Waals surface area contributed by atoms with Gasteiger partial charge in [-0.2, -0.15) is 0 Å². The summed E-state index contributed by atoms with van der Waals surface area (Å²) < 4.78 is 0. The zero-order chi connectivity index (χ0) is 12.8. The molecule has 1 aromatic rings. The lowest BCUT2D eigenvalue weighted by Crippen LogP contribution is -2.45. The molecule has 2 rings (SSSR count). The zero-order valence-electron chi connectivity index (χ0n) is 11.7. The Bertz CT molecular complexity index is 336. The summed E-state index contributed by atoms with van der Waals surface area (Å²) >= 11 is 0. The summed E-state index contributed by atoms with van der Waals surface area (Å²) in [5.41, 5.74) is 1.48. The van der Waals surface area contributed by atoms with E-state index in [4.69, 9.17) is 0 Å². The lowest BCUT2D eigenvalue weighted by molar-refractivity contribution is 0.132. The Balaban J connectivity index is 2.09. The fourth-order valence-electron chi connectivity index (χ4n) is 3.03. The quantitative estimate of drug-likeness (QED) is 0.858. The van der Waals surface area contributed by atoms with E-state index in [0.29, 0.717) is 12.1 Å². The number of likely N-dealkylation sites (tertiary alicyclic amines) is 1. The van der Waals surface area contributed by atoms with Gasteiger partial charge in [-0.25, -0.2) is 0 Å². The Hall–Kier alpha value is -0.860. The monoisotopic (exact) mass is 246 g/mol. The molecule has 1 aliphatic rings. The molecule has 1 fully saturated rings. The summed E-state index contributed by atoms with van der Waals surface area (Å²) in [6.45, 7) is 4.73. The van der Waals surface area contributed by atoms with Crippen LogP contribution in [-0.4, -0.2) is 31.1 Å². The van der Waals surface area contributed by atoms with E-state index in [9.17, 15) is 0 Å². The molecule has 0 saturated carbocycles. The smallest absolute Gasteiger partial charge is 0.0348 e. The Morgan fingerprint density at radius 3 is 2.78 bits per heavy atom. The van der Waals surface area contributed by atoms with Gasteiger partial charge < -0.3 is 5.32 Å². The molecule has 2 atom stereocenters. The Morgan fingerprint density at radius 2 is 2.11 bits per heavy atom. The number of hydrogen-bond donors (Lipinski definition) is 1. The normalized spacial score (nSPS) is 22.9. The number of nitrogens with zero attached hydrogens (tertiary/aromatic N) is 1. The molecule has 0 radical (unpaired) electrons. The van der Waals surface area contributed by atoms with Gasteiger partial charge in [0.15, 0.2) is 0 Å². The van der Waals surface area contributed by atoms with Crippen LogP contribution in [0.4, 0.5) is 0 Å². The molecule has 0 aliphatic carbocycles. The number of benzene rings is 1. The van der Waals surface area contributed by atoms with Gasteiger partial charge in [-0.05, 0) is 38.4 Å². The SMILES string of the molecule is CCCC(c1ccccc1)N1CCCC(NC)C1. The Kier molecular flexibility index (Phi) is 5.21. The van der Waals surface area contributed by atoms with E-state index < -0.39 is 0 Å². The molecule has 1 aromatic carbocycles. The van der Waals surface area contributed by atoms with Crippen molar-refractivity contribution >= 4 is 0 Å². The van der Waals surface area contributed by atoms with Crippen molar-refractivity contribution in [1.29, 1.82) is 0 Å². The third kappa shape index (κ3) is 3.33. The van der Waals surface area contributed by atoms with Crippen LogP contribution in [0.5, 0.6) is 0 Å². The molecule has 2 unspecified atom stereocenters. The molecule has 0 spiro atoms. The van der Waals surface area contributed by atoms with Crippen molar-refractivity contribution in [2.75, 3.05) is 20.1 Å². The van der Waals surface area contributed by atoms with Crippen molar-refractivity contribution in [2.45, 2.75) is 44.7 Å². The molecule has 1 N–H and O–H groups in total. The van der Waals surface area contributed by atoms with Crippen molar-refractivity contribution in [3.63, 3.8) is 0 Å². The minimum atomic E-state index is 0.604. The molecule has 2 heteroatoms. The second-order valence-corrected chi connectivity index (χ2v) is 5.34. The minimum absolute atomic E-state index is 0.604. The molecule has 1 saturated heterocycles. The maximum absolute atomic E-state index is 3.44. The van der Waals surface area contributed by atoms with Crippen LogP contribution in [0.3, 0.4) is 0 Å². The van der Waals surface area contributed by atoms with Crippen LogP contribution in [0.25, 0.3) is 0 Å². The second-order valence-electron chi connectivity index (χ2n) is 5.34. The van der Waals surface area contributed by atoms with Crippen LogP contribution in [0.2, 0.25) is 0 Å². The highest BCUT2D eigenvalue weighted by Gasteiger charge is 2.25. The molecule has 18 heavy (non-hydrogen) atoms. The minimum Gasteiger partial charge on any atom is -0.316 e. The average molecular weight is 246 g/mol. The molecule has 2 nitrogen and oxygen atoms in total. The van der Waals surface area contributed by atoms with Crippen LogP contribution in [0.1, 0.15) is 44.2 Å². The summed E-state index contributed by atoms with van der Waals surface area (Å²) in [5, 5.41) is 3.44. The highest BCUT2D eigenvalue weighted by molar-refractivity contribution is 5.19. The summed E-state index contributed by atoms with van der Waals surface area (Å²) in [6, 6.07) is 12.3. The number of rotatable bonds is 5. The molecule has 1 aliphatic heterocycles. The van der Waals surface area contributed by atoms with E-state index in [0.717, 1.165) is 0 Å². The van der Waals surface area contributed by atoms with Crippen LogP contribution in [0.15, 0.2) is 30.3 Å². The first kappa shape index (κ1) is 13.6. The predicted molar refractivity (Wildman–Crippen MR) is 77.7 cm³/mol. The van der Waals surface area contributed by atoms with Gasteiger partial charge >= 0.3 is 0 Å². The highest BCUT2D eigenvalue weighted by atomic mass is 15.2. The average Bonchev–Trinajstić information content (AvgIpc) is 2.46. The van der Waals surface area contributed by atoms with E-state index in [-0.39, 0.29) is 0 Å². The van der Waals surface area contributed by atoms with Gasteiger partial charge in [-0.15, -0.1) is 0 Å². The summed E-state index contributed by atoms with van der Waals surface area (Å²) in [5.74, 6) is 0. The zero-order valence-corrected chi connectivity index (χ0v) is 11.7. The third-order valence-electron chi connectivity index (χ3n) is 4.05. The van der Waals surface area contributed by atoms with Crippen LogP contribution >= 0.6 is 0 Å². The first-order chi connectivity index (χ1) is 8.85. The van der Waals surface area contributed by atoms with E-state index >= 15 is 0 Å². The number of hydrogen-bond acceptors (Lipinski definition) is 2. The van der Waals surface area contributed by atoms with Gasteiger partial charge in [0.05, 0.1) is 0 Å².